The number of fused-ring (bicyclic) bond motifs is 1. The molecule has 0 atom stereocenters. The van der Waals surface area contributed by atoms with E-state index in [9.17, 15) is 19.1 Å². The van der Waals surface area contributed by atoms with E-state index < -0.39 is 17.4 Å². The minimum atomic E-state index is -1.10. The van der Waals surface area contributed by atoms with Crippen LogP contribution in [0.2, 0.25) is 0 Å². The molecule has 0 spiro atoms. The zero-order chi connectivity index (χ0) is 19.8. The van der Waals surface area contributed by atoms with E-state index in [-0.39, 0.29) is 12.1 Å². The molecule has 3 rings (SSSR count). The third-order valence-electron chi connectivity index (χ3n) is 4.37. The summed E-state index contributed by atoms with van der Waals surface area (Å²) in [7, 11) is 0. The quantitative estimate of drug-likeness (QED) is 0.730. The SMILES string of the molecule is CC(C)(C)N(Cc1ccc(-c2ccnc3[nH]c(=O)ccc23)cc1F)C(=O)O. The van der Waals surface area contributed by atoms with Gasteiger partial charge in [0.25, 0.3) is 0 Å². The lowest BCUT2D eigenvalue weighted by Gasteiger charge is -2.33. The van der Waals surface area contributed by atoms with Crippen LogP contribution in [0.15, 0.2) is 47.4 Å². The number of pyridine rings is 2. The number of H-pyrrole nitrogens is 1. The monoisotopic (exact) mass is 369 g/mol. The predicted octanol–water partition coefficient (Wildman–Crippen LogP) is 4.01. The molecule has 2 N–H and O–H groups in total. The van der Waals surface area contributed by atoms with Crippen LogP contribution in [0.5, 0.6) is 0 Å². The second kappa shape index (κ2) is 6.83. The fourth-order valence-corrected chi connectivity index (χ4v) is 2.92. The number of nitrogens with one attached hydrogen (secondary N) is 1. The summed E-state index contributed by atoms with van der Waals surface area (Å²) in [6.07, 6.45) is 0.445. The summed E-state index contributed by atoms with van der Waals surface area (Å²) in [5.74, 6) is -0.489. The van der Waals surface area contributed by atoms with Crippen molar-refractivity contribution in [2.24, 2.45) is 0 Å². The van der Waals surface area contributed by atoms with Crippen LogP contribution in [0.4, 0.5) is 9.18 Å². The van der Waals surface area contributed by atoms with Gasteiger partial charge in [0.05, 0.1) is 6.54 Å². The average Bonchev–Trinajstić information content (AvgIpc) is 2.58. The maximum Gasteiger partial charge on any atom is 0.408 e. The van der Waals surface area contributed by atoms with Crippen molar-refractivity contribution in [2.45, 2.75) is 32.9 Å². The van der Waals surface area contributed by atoms with Crippen LogP contribution in [-0.2, 0) is 6.54 Å². The number of benzene rings is 1. The number of nitrogens with zero attached hydrogens (tertiary/aromatic N) is 2. The van der Waals surface area contributed by atoms with E-state index in [4.69, 9.17) is 0 Å². The zero-order valence-electron chi connectivity index (χ0n) is 15.3. The molecule has 0 bridgehead atoms. The van der Waals surface area contributed by atoms with Crippen molar-refractivity contribution in [3.8, 4) is 11.1 Å². The molecule has 0 radical (unpaired) electrons. The first-order valence-corrected chi connectivity index (χ1v) is 8.44. The Morgan fingerprint density at radius 3 is 2.59 bits per heavy atom. The molecule has 0 unspecified atom stereocenters. The topological polar surface area (TPSA) is 86.3 Å². The fourth-order valence-electron chi connectivity index (χ4n) is 2.92. The fraction of sp³-hybridized carbons (Fsp3) is 0.250. The van der Waals surface area contributed by atoms with Crippen LogP contribution < -0.4 is 5.56 Å². The molecule has 0 aliphatic heterocycles. The van der Waals surface area contributed by atoms with E-state index in [0.29, 0.717) is 22.2 Å². The first-order valence-electron chi connectivity index (χ1n) is 8.44. The van der Waals surface area contributed by atoms with Crippen LogP contribution >= 0.6 is 0 Å². The highest BCUT2D eigenvalue weighted by atomic mass is 19.1. The Kier molecular flexibility index (Phi) is 4.70. The lowest BCUT2D eigenvalue weighted by Crippen LogP contribution is -2.44. The molecule has 1 aromatic carbocycles. The summed E-state index contributed by atoms with van der Waals surface area (Å²) < 4.78 is 14.7. The van der Waals surface area contributed by atoms with E-state index in [1.54, 1.807) is 51.2 Å². The lowest BCUT2D eigenvalue weighted by molar-refractivity contribution is 0.0949. The Morgan fingerprint density at radius 1 is 1.22 bits per heavy atom. The number of aromatic amines is 1. The molecular formula is C20H20FN3O3. The van der Waals surface area contributed by atoms with E-state index in [0.717, 1.165) is 5.56 Å². The molecular weight excluding hydrogens is 349 g/mol. The summed E-state index contributed by atoms with van der Waals surface area (Å²) in [5, 5.41) is 10.1. The van der Waals surface area contributed by atoms with Gasteiger partial charge in [-0.05, 0) is 50.1 Å². The van der Waals surface area contributed by atoms with Gasteiger partial charge < -0.3 is 10.1 Å². The number of hydrogen-bond acceptors (Lipinski definition) is 3. The van der Waals surface area contributed by atoms with E-state index in [1.807, 2.05) is 0 Å². The van der Waals surface area contributed by atoms with Crippen LogP contribution in [0.25, 0.3) is 22.2 Å². The third kappa shape index (κ3) is 3.81. The molecule has 2 heterocycles. The van der Waals surface area contributed by atoms with Gasteiger partial charge in [-0.2, -0.15) is 0 Å². The summed E-state index contributed by atoms with van der Waals surface area (Å²) in [5.41, 5.74) is 1.16. The van der Waals surface area contributed by atoms with Gasteiger partial charge in [0.15, 0.2) is 0 Å². The Hall–Kier alpha value is -3.22. The molecule has 0 saturated carbocycles. The minimum absolute atomic E-state index is 0.0463. The van der Waals surface area contributed by atoms with E-state index in [1.165, 1.54) is 17.0 Å². The standard InChI is InChI=1S/C20H20FN3O3/c1-20(2,3)24(19(26)27)11-13-5-4-12(10-16(13)21)14-8-9-22-18-15(14)6-7-17(25)23-18/h4-10H,11H2,1-3H3,(H,26,27)(H,22,23,25). The van der Waals surface area contributed by atoms with Gasteiger partial charge in [-0.25, -0.2) is 14.2 Å². The maximum absolute atomic E-state index is 14.7. The average molecular weight is 369 g/mol. The smallest absolute Gasteiger partial charge is 0.408 e. The predicted molar refractivity (Wildman–Crippen MR) is 101 cm³/mol. The van der Waals surface area contributed by atoms with Gasteiger partial charge in [-0.3, -0.25) is 9.69 Å². The van der Waals surface area contributed by atoms with Crippen molar-refractivity contribution >= 4 is 17.1 Å². The Bertz CT molecular complexity index is 1070. The lowest BCUT2D eigenvalue weighted by atomic mass is 10.00. The zero-order valence-corrected chi connectivity index (χ0v) is 15.3. The number of aromatic nitrogens is 2. The highest BCUT2D eigenvalue weighted by Crippen LogP contribution is 2.28. The normalized spacial score (nSPS) is 11.6. The number of rotatable bonds is 3. The van der Waals surface area contributed by atoms with Crippen molar-refractivity contribution in [1.82, 2.24) is 14.9 Å². The Labute approximate surface area is 155 Å². The summed E-state index contributed by atoms with van der Waals surface area (Å²) in [6.45, 7) is 5.24. The van der Waals surface area contributed by atoms with Crippen molar-refractivity contribution < 1.29 is 14.3 Å². The second-order valence-corrected chi connectivity index (χ2v) is 7.29. The van der Waals surface area contributed by atoms with Gasteiger partial charge >= 0.3 is 6.09 Å². The van der Waals surface area contributed by atoms with Crippen LogP contribution in [-0.4, -0.2) is 31.6 Å². The second-order valence-electron chi connectivity index (χ2n) is 7.29. The van der Waals surface area contributed by atoms with Gasteiger partial charge in [-0.1, -0.05) is 12.1 Å². The number of halogens is 1. The van der Waals surface area contributed by atoms with Gasteiger partial charge in [0.1, 0.15) is 11.5 Å². The molecule has 140 valence electrons. The molecule has 3 aromatic rings. The molecule has 0 fully saturated rings. The Balaban J connectivity index is 2.01. The summed E-state index contributed by atoms with van der Waals surface area (Å²) >= 11 is 0. The molecule has 0 saturated heterocycles. The number of hydrogen-bond donors (Lipinski definition) is 2. The van der Waals surface area contributed by atoms with Crippen molar-refractivity contribution in [1.29, 1.82) is 0 Å². The highest BCUT2D eigenvalue weighted by Gasteiger charge is 2.27. The molecule has 0 aliphatic rings. The van der Waals surface area contributed by atoms with Gasteiger partial charge in [0, 0.05) is 28.8 Å². The van der Waals surface area contributed by atoms with Crippen LogP contribution in [0, 0.1) is 5.82 Å². The van der Waals surface area contributed by atoms with Crippen LogP contribution in [0.3, 0.4) is 0 Å². The summed E-state index contributed by atoms with van der Waals surface area (Å²) in [4.78, 5) is 30.9. The molecule has 2 aromatic heterocycles. The molecule has 27 heavy (non-hydrogen) atoms. The molecule has 6 nitrogen and oxygen atoms in total. The number of carboxylic acid groups (broad SMARTS) is 1. The van der Waals surface area contributed by atoms with Crippen molar-refractivity contribution in [2.75, 3.05) is 0 Å². The van der Waals surface area contributed by atoms with E-state index in [2.05, 4.69) is 9.97 Å². The van der Waals surface area contributed by atoms with Crippen molar-refractivity contribution in [3.63, 3.8) is 0 Å². The van der Waals surface area contributed by atoms with Crippen molar-refractivity contribution in [3.05, 3.63) is 64.3 Å². The first kappa shape index (κ1) is 18.6. The molecule has 0 aliphatic carbocycles. The minimum Gasteiger partial charge on any atom is -0.465 e. The first-order chi connectivity index (χ1) is 12.7. The van der Waals surface area contributed by atoms with E-state index >= 15 is 0 Å². The van der Waals surface area contributed by atoms with Crippen LogP contribution in [0.1, 0.15) is 26.3 Å². The largest absolute Gasteiger partial charge is 0.465 e. The number of amides is 1. The molecule has 7 heteroatoms. The Morgan fingerprint density at radius 2 is 1.96 bits per heavy atom. The highest BCUT2D eigenvalue weighted by molar-refractivity contribution is 5.92. The molecule has 1 amide bonds. The third-order valence-corrected chi connectivity index (χ3v) is 4.37. The van der Waals surface area contributed by atoms with Gasteiger partial charge in [0.2, 0.25) is 5.56 Å². The summed E-state index contributed by atoms with van der Waals surface area (Å²) in [6, 6.07) is 9.48. The maximum atomic E-state index is 14.7. The van der Waals surface area contributed by atoms with Gasteiger partial charge in [-0.15, -0.1) is 0 Å². The number of carbonyl (C=O) groups is 1.